The molecule has 0 fully saturated rings. The summed E-state index contributed by atoms with van der Waals surface area (Å²) in [6.07, 6.45) is 2.09. The van der Waals surface area contributed by atoms with Crippen LogP contribution >= 0.6 is 11.6 Å². The lowest BCUT2D eigenvalue weighted by Gasteiger charge is -2.06. The van der Waals surface area contributed by atoms with Gasteiger partial charge in [-0.3, -0.25) is 0 Å². The lowest BCUT2D eigenvalue weighted by molar-refractivity contribution is -0.659. The monoisotopic (exact) mass is 284 g/mol. The van der Waals surface area contributed by atoms with Crippen molar-refractivity contribution in [2.24, 2.45) is 7.05 Å². The van der Waals surface area contributed by atoms with E-state index in [1.807, 2.05) is 37.4 Å². The summed E-state index contributed by atoms with van der Waals surface area (Å²) in [5.41, 5.74) is 2.22. The van der Waals surface area contributed by atoms with Crippen LogP contribution in [0.2, 0.25) is 5.02 Å². The Balaban J connectivity index is 2.25. The summed E-state index contributed by atoms with van der Waals surface area (Å²) in [5, 5.41) is 2.99. The molecule has 3 rings (SSSR count). The highest BCUT2D eigenvalue weighted by atomic mass is 35.5. The zero-order valence-corrected chi connectivity index (χ0v) is 12.2. The number of rotatable bonds is 2. The predicted octanol–water partition coefficient (Wildman–Crippen LogP) is 3.99. The molecule has 1 aromatic heterocycles. The second kappa shape index (κ2) is 5.14. The van der Waals surface area contributed by atoms with Crippen molar-refractivity contribution in [1.29, 1.82) is 0 Å². The van der Waals surface area contributed by atoms with E-state index in [1.54, 1.807) is 7.11 Å². The van der Waals surface area contributed by atoms with E-state index in [-0.39, 0.29) is 0 Å². The van der Waals surface area contributed by atoms with E-state index in [2.05, 4.69) is 29.0 Å². The fourth-order valence-corrected chi connectivity index (χ4v) is 2.64. The first-order valence-electron chi connectivity index (χ1n) is 6.41. The van der Waals surface area contributed by atoms with Gasteiger partial charge in [0, 0.05) is 16.7 Å². The van der Waals surface area contributed by atoms with Gasteiger partial charge in [0.1, 0.15) is 12.8 Å². The van der Waals surface area contributed by atoms with Crippen LogP contribution in [-0.4, -0.2) is 7.11 Å². The molecule has 100 valence electrons. The molecule has 1 heterocycles. The van der Waals surface area contributed by atoms with Gasteiger partial charge in [0.15, 0.2) is 6.20 Å². The molecule has 0 spiro atoms. The van der Waals surface area contributed by atoms with Crippen LogP contribution in [0.3, 0.4) is 0 Å². The first kappa shape index (κ1) is 12.9. The molecule has 2 aromatic carbocycles. The fourth-order valence-electron chi connectivity index (χ4n) is 2.45. The number of nitrogens with zero attached hydrogens (tertiary/aromatic N) is 1. The van der Waals surface area contributed by atoms with E-state index >= 15 is 0 Å². The maximum atomic E-state index is 6.08. The smallest absolute Gasteiger partial charge is 0.212 e. The second-order valence-corrected chi connectivity index (χ2v) is 5.18. The standard InChI is InChI=1S/C17H15ClNO/c1-19-11-15-12(5-4-8-17(15)20-2)10-16(19)13-6-3-7-14(18)9-13/h3-11H,1-2H3/q+1. The first-order valence-corrected chi connectivity index (χ1v) is 6.79. The number of hydrogen-bond acceptors (Lipinski definition) is 1. The zero-order valence-electron chi connectivity index (χ0n) is 11.4. The quantitative estimate of drug-likeness (QED) is 0.649. The Bertz CT molecular complexity index is 783. The minimum atomic E-state index is 0.744. The van der Waals surface area contributed by atoms with Crippen LogP contribution in [0.15, 0.2) is 54.7 Å². The summed E-state index contributed by atoms with van der Waals surface area (Å²) in [6, 6.07) is 16.1. The van der Waals surface area contributed by atoms with Gasteiger partial charge in [-0.05, 0) is 29.7 Å². The van der Waals surface area contributed by atoms with Crippen LogP contribution in [0.5, 0.6) is 5.75 Å². The molecule has 3 aromatic rings. The number of pyridine rings is 1. The van der Waals surface area contributed by atoms with Crippen LogP contribution in [0.1, 0.15) is 0 Å². The number of halogens is 1. The van der Waals surface area contributed by atoms with Crippen molar-refractivity contribution in [3.8, 4) is 17.0 Å². The minimum Gasteiger partial charge on any atom is -0.496 e. The van der Waals surface area contributed by atoms with Crippen LogP contribution < -0.4 is 9.30 Å². The van der Waals surface area contributed by atoms with Crippen molar-refractivity contribution in [2.75, 3.05) is 7.11 Å². The van der Waals surface area contributed by atoms with Gasteiger partial charge >= 0.3 is 0 Å². The second-order valence-electron chi connectivity index (χ2n) is 4.74. The highest BCUT2D eigenvalue weighted by Gasteiger charge is 2.14. The van der Waals surface area contributed by atoms with Gasteiger partial charge in [0.25, 0.3) is 0 Å². The largest absolute Gasteiger partial charge is 0.496 e. The SMILES string of the molecule is COc1cccc2cc(-c3cccc(Cl)c3)[n+](C)cc12. The zero-order chi connectivity index (χ0) is 14.1. The number of methoxy groups -OCH3 is 1. The molecule has 0 atom stereocenters. The molecule has 0 saturated carbocycles. The molecule has 3 heteroatoms. The van der Waals surface area contributed by atoms with Gasteiger partial charge in [-0.1, -0.05) is 29.8 Å². The average molecular weight is 285 g/mol. The van der Waals surface area contributed by atoms with E-state index in [1.165, 1.54) is 0 Å². The average Bonchev–Trinajstić information content (AvgIpc) is 2.46. The predicted molar refractivity (Wildman–Crippen MR) is 82.1 cm³/mol. The van der Waals surface area contributed by atoms with Crippen LogP contribution in [0.25, 0.3) is 22.0 Å². The Kier molecular flexibility index (Phi) is 3.33. The van der Waals surface area contributed by atoms with Crippen molar-refractivity contribution >= 4 is 22.4 Å². The summed E-state index contributed by atoms with van der Waals surface area (Å²) in [6.45, 7) is 0. The Hall–Kier alpha value is -2.06. The van der Waals surface area contributed by atoms with Crippen LogP contribution in [0, 0.1) is 0 Å². The van der Waals surface area contributed by atoms with E-state index in [0.29, 0.717) is 0 Å². The third-order valence-corrected chi connectivity index (χ3v) is 3.67. The summed E-state index contributed by atoms with van der Waals surface area (Å²) in [7, 11) is 3.72. The van der Waals surface area contributed by atoms with Gasteiger partial charge in [-0.2, -0.15) is 0 Å². The molecule has 0 radical (unpaired) electrons. The molecular formula is C17H15ClNO+. The maximum Gasteiger partial charge on any atom is 0.212 e. The molecule has 0 aliphatic heterocycles. The lowest BCUT2D eigenvalue weighted by atomic mass is 10.1. The molecule has 0 amide bonds. The van der Waals surface area contributed by atoms with Crippen molar-refractivity contribution in [3.63, 3.8) is 0 Å². The Morgan fingerprint density at radius 2 is 1.85 bits per heavy atom. The molecule has 0 unspecified atom stereocenters. The van der Waals surface area contributed by atoms with E-state index in [0.717, 1.165) is 32.8 Å². The Labute approximate surface area is 123 Å². The summed E-state index contributed by atoms with van der Waals surface area (Å²) < 4.78 is 7.51. The number of benzene rings is 2. The normalized spacial score (nSPS) is 10.8. The maximum absolute atomic E-state index is 6.08. The molecule has 0 aliphatic carbocycles. The van der Waals surface area contributed by atoms with Crippen molar-refractivity contribution < 1.29 is 9.30 Å². The highest BCUT2D eigenvalue weighted by molar-refractivity contribution is 6.30. The molecule has 0 saturated heterocycles. The third kappa shape index (κ3) is 2.23. The van der Waals surface area contributed by atoms with E-state index in [9.17, 15) is 0 Å². The molecule has 0 aliphatic rings. The van der Waals surface area contributed by atoms with Gasteiger partial charge < -0.3 is 4.74 Å². The number of hydrogen-bond donors (Lipinski definition) is 0. The van der Waals surface area contributed by atoms with Crippen LogP contribution in [-0.2, 0) is 7.05 Å². The number of aryl methyl sites for hydroxylation is 1. The van der Waals surface area contributed by atoms with Gasteiger partial charge in [-0.25, -0.2) is 4.57 Å². The molecule has 2 nitrogen and oxygen atoms in total. The Morgan fingerprint density at radius 3 is 2.60 bits per heavy atom. The molecule has 20 heavy (non-hydrogen) atoms. The summed E-state index contributed by atoms with van der Waals surface area (Å²) in [5.74, 6) is 0.885. The van der Waals surface area contributed by atoms with E-state index in [4.69, 9.17) is 16.3 Å². The van der Waals surface area contributed by atoms with Crippen LogP contribution in [0.4, 0.5) is 0 Å². The lowest BCUT2D eigenvalue weighted by Crippen LogP contribution is -2.30. The third-order valence-electron chi connectivity index (χ3n) is 3.44. The minimum absolute atomic E-state index is 0.744. The molecule has 0 N–H and O–H groups in total. The van der Waals surface area contributed by atoms with Gasteiger partial charge in [0.05, 0.1) is 12.5 Å². The Morgan fingerprint density at radius 1 is 1.05 bits per heavy atom. The van der Waals surface area contributed by atoms with Crippen molar-refractivity contribution in [1.82, 2.24) is 0 Å². The molecular weight excluding hydrogens is 270 g/mol. The fraction of sp³-hybridized carbons (Fsp3) is 0.118. The van der Waals surface area contributed by atoms with Gasteiger partial charge in [-0.15, -0.1) is 0 Å². The number of aromatic nitrogens is 1. The topological polar surface area (TPSA) is 13.1 Å². The summed E-state index contributed by atoms with van der Waals surface area (Å²) >= 11 is 6.08. The van der Waals surface area contributed by atoms with Gasteiger partial charge in [0.2, 0.25) is 5.69 Å². The number of fused-ring (bicyclic) bond motifs is 1. The number of ether oxygens (including phenoxy) is 1. The van der Waals surface area contributed by atoms with E-state index < -0.39 is 0 Å². The summed E-state index contributed by atoms with van der Waals surface area (Å²) in [4.78, 5) is 0. The van der Waals surface area contributed by atoms with Crippen molar-refractivity contribution in [3.05, 3.63) is 59.8 Å². The van der Waals surface area contributed by atoms with Crippen molar-refractivity contribution in [2.45, 2.75) is 0 Å². The highest BCUT2D eigenvalue weighted by Crippen LogP contribution is 2.27. The molecule has 0 bridgehead atoms. The first-order chi connectivity index (χ1) is 9.69.